The highest BCUT2D eigenvalue weighted by molar-refractivity contribution is 5.92. The molecule has 0 spiro atoms. The normalized spacial score (nSPS) is 17.8. The first-order chi connectivity index (χ1) is 13.5. The first-order valence-electron chi connectivity index (χ1n) is 10.1. The van der Waals surface area contributed by atoms with Crippen molar-refractivity contribution in [2.24, 2.45) is 5.92 Å². The van der Waals surface area contributed by atoms with Gasteiger partial charge >= 0.3 is 5.97 Å². The van der Waals surface area contributed by atoms with Crippen molar-refractivity contribution in [3.8, 4) is 11.3 Å². The number of aliphatic carboxylic acids is 1. The van der Waals surface area contributed by atoms with E-state index in [2.05, 4.69) is 36.3 Å². The molecule has 1 aromatic carbocycles. The fourth-order valence-electron chi connectivity index (χ4n) is 4.01. The third kappa shape index (κ3) is 4.36. The molecule has 28 heavy (non-hydrogen) atoms. The molecule has 1 aromatic heterocycles. The highest BCUT2D eigenvalue weighted by atomic mass is 16.4. The highest BCUT2D eigenvalue weighted by Gasteiger charge is 2.20. The summed E-state index contributed by atoms with van der Waals surface area (Å²) in [6.07, 6.45) is 10.6. The molecular weight excluding hydrogens is 346 g/mol. The molecule has 1 atom stereocenters. The minimum Gasteiger partial charge on any atom is -0.478 e. The van der Waals surface area contributed by atoms with Crippen LogP contribution in [-0.4, -0.2) is 15.6 Å². The van der Waals surface area contributed by atoms with Crippen molar-refractivity contribution in [2.45, 2.75) is 46.0 Å². The van der Waals surface area contributed by atoms with Gasteiger partial charge in [0.1, 0.15) is 0 Å². The minimum absolute atomic E-state index is 0.244. The predicted octanol–water partition coefficient (Wildman–Crippen LogP) is 6.12. The zero-order valence-electron chi connectivity index (χ0n) is 16.8. The molecule has 146 valence electrons. The molecule has 0 radical (unpaired) electrons. The summed E-state index contributed by atoms with van der Waals surface area (Å²) in [4.78, 5) is 11.6. The number of nitrogens with zero attached hydrogens (tertiary/aromatic N) is 1. The van der Waals surface area contributed by atoms with Crippen LogP contribution in [0, 0.1) is 5.92 Å². The van der Waals surface area contributed by atoms with E-state index in [1.807, 2.05) is 25.1 Å². The van der Waals surface area contributed by atoms with Crippen molar-refractivity contribution in [3.05, 3.63) is 78.0 Å². The van der Waals surface area contributed by atoms with Crippen molar-refractivity contribution in [1.29, 1.82) is 0 Å². The van der Waals surface area contributed by atoms with E-state index in [0.29, 0.717) is 5.70 Å². The van der Waals surface area contributed by atoms with Gasteiger partial charge in [0.25, 0.3) is 0 Å². The number of carboxylic acid groups (broad SMARTS) is 1. The Labute approximate surface area is 167 Å². The first-order valence-corrected chi connectivity index (χ1v) is 10.1. The Morgan fingerprint density at radius 1 is 1.21 bits per heavy atom. The van der Waals surface area contributed by atoms with Crippen LogP contribution in [0.5, 0.6) is 0 Å². The van der Waals surface area contributed by atoms with Crippen molar-refractivity contribution >= 4 is 11.7 Å². The van der Waals surface area contributed by atoms with Gasteiger partial charge < -0.3 is 9.67 Å². The lowest BCUT2D eigenvalue weighted by Crippen LogP contribution is -2.09. The average molecular weight is 376 g/mol. The summed E-state index contributed by atoms with van der Waals surface area (Å²) in [5, 5.41) is 9.52. The molecule has 0 bridgehead atoms. The Hall–Kier alpha value is -2.81. The average Bonchev–Trinajstić information content (AvgIpc) is 3.03. The SMILES string of the molecule is C=C(/C=C(\C=C/C)C(=O)O)n1c(-c2ccccc2)cc2c1CCCC(C)CC2. The van der Waals surface area contributed by atoms with Crippen molar-refractivity contribution in [3.63, 3.8) is 0 Å². The molecule has 1 heterocycles. The van der Waals surface area contributed by atoms with E-state index in [1.54, 1.807) is 18.2 Å². The summed E-state index contributed by atoms with van der Waals surface area (Å²) in [5.74, 6) is -0.197. The standard InChI is InChI=1S/C25H29NO2/c1-4-9-22(25(27)28)16-19(3)26-23-13-8-10-18(2)14-15-21(23)17-24(26)20-11-6-5-7-12-20/h4-7,9,11-12,16-18H,3,8,10,13-15H2,1-2H3,(H,27,28)/b9-4-,22-16+. The van der Waals surface area contributed by atoms with Gasteiger partial charge in [-0.25, -0.2) is 4.79 Å². The van der Waals surface area contributed by atoms with Crippen molar-refractivity contribution in [1.82, 2.24) is 4.57 Å². The molecule has 3 nitrogen and oxygen atoms in total. The monoisotopic (exact) mass is 375 g/mol. The molecule has 0 aliphatic heterocycles. The molecule has 3 rings (SSSR count). The lowest BCUT2D eigenvalue weighted by molar-refractivity contribution is -0.132. The third-order valence-corrected chi connectivity index (χ3v) is 5.48. The van der Waals surface area contributed by atoms with Gasteiger partial charge in [-0.2, -0.15) is 0 Å². The molecular formula is C25H29NO2. The van der Waals surface area contributed by atoms with Gasteiger partial charge in [-0.05, 0) is 61.8 Å². The van der Waals surface area contributed by atoms with E-state index in [0.717, 1.165) is 36.4 Å². The van der Waals surface area contributed by atoms with Gasteiger partial charge in [-0.1, -0.05) is 62.4 Å². The van der Waals surface area contributed by atoms with Gasteiger partial charge in [0.05, 0.1) is 11.3 Å². The molecule has 0 saturated carbocycles. The van der Waals surface area contributed by atoms with Crippen molar-refractivity contribution in [2.75, 3.05) is 0 Å². The first kappa shape index (κ1) is 19.9. The summed E-state index contributed by atoms with van der Waals surface area (Å²) in [7, 11) is 0. The predicted molar refractivity (Wildman–Crippen MR) is 116 cm³/mol. The van der Waals surface area contributed by atoms with E-state index >= 15 is 0 Å². The molecule has 2 aromatic rings. The summed E-state index contributed by atoms with van der Waals surface area (Å²) >= 11 is 0. The van der Waals surface area contributed by atoms with Crippen LogP contribution in [-0.2, 0) is 17.6 Å². The number of allylic oxidation sites excluding steroid dienone is 3. The van der Waals surface area contributed by atoms with Gasteiger partial charge in [0.15, 0.2) is 0 Å². The van der Waals surface area contributed by atoms with Crippen LogP contribution in [0.2, 0.25) is 0 Å². The molecule has 3 heteroatoms. The number of fused-ring (bicyclic) bond motifs is 1. The molecule has 0 saturated heterocycles. The third-order valence-electron chi connectivity index (χ3n) is 5.48. The summed E-state index contributed by atoms with van der Waals surface area (Å²) < 4.78 is 2.17. The lowest BCUT2D eigenvalue weighted by Gasteiger charge is -2.19. The van der Waals surface area contributed by atoms with E-state index in [9.17, 15) is 9.90 Å². The van der Waals surface area contributed by atoms with Crippen LogP contribution >= 0.6 is 0 Å². The largest absolute Gasteiger partial charge is 0.478 e. The minimum atomic E-state index is -0.940. The van der Waals surface area contributed by atoms with Gasteiger partial charge in [0, 0.05) is 11.4 Å². The maximum Gasteiger partial charge on any atom is 0.335 e. The Morgan fingerprint density at radius 3 is 2.64 bits per heavy atom. The summed E-state index contributed by atoms with van der Waals surface area (Å²) in [6.45, 7) is 8.41. The van der Waals surface area contributed by atoms with Gasteiger partial charge in [-0.3, -0.25) is 0 Å². The van der Waals surface area contributed by atoms with Crippen LogP contribution in [0.4, 0.5) is 0 Å². The number of hydrogen-bond acceptors (Lipinski definition) is 1. The van der Waals surface area contributed by atoms with E-state index in [1.165, 1.54) is 24.1 Å². The number of hydrogen-bond donors (Lipinski definition) is 1. The molecule has 1 aliphatic carbocycles. The highest BCUT2D eigenvalue weighted by Crippen LogP contribution is 2.34. The molecule has 0 amide bonds. The van der Waals surface area contributed by atoms with Crippen LogP contribution in [0.25, 0.3) is 17.0 Å². The zero-order chi connectivity index (χ0) is 20.1. The van der Waals surface area contributed by atoms with Gasteiger partial charge in [-0.15, -0.1) is 0 Å². The number of aryl methyl sites for hydroxylation is 1. The van der Waals surface area contributed by atoms with E-state index in [-0.39, 0.29) is 5.57 Å². The second-order valence-corrected chi connectivity index (χ2v) is 7.64. The number of carboxylic acids is 1. The Kier molecular flexibility index (Phi) is 6.35. The second-order valence-electron chi connectivity index (χ2n) is 7.64. The summed E-state index contributed by atoms with van der Waals surface area (Å²) in [5.41, 5.74) is 5.80. The maximum absolute atomic E-state index is 11.6. The smallest absolute Gasteiger partial charge is 0.335 e. The topological polar surface area (TPSA) is 42.2 Å². The molecule has 0 fully saturated rings. The van der Waals surface area contributed by atoms with Crippen LogP contribution in [0.15, 0.2) is 66.8 Å². The number of aromatic nitrogens is 1. The molecule has 1 N–H and O–H groups in total. The van der Waals surface area contributed by atoms with E-state index in [4.69, 9.17) is 0 Å². The zero-order valence-corrected chi connectivity index (χ0v) is 16.8. The maximum atomic E-state index is 11.6. The second kappa shape index (κ2) is 8.92. The molecule has 1 aliphatic rings. The number of benzene rings is 1. The van der Waals surface area contributed by atoms with Crippen LogP contribution in [0.3, 0.4) is 0 Å². The van der Waals surface area contributed by atoms with Gasteiger partial charge in [0.2, 0.25) is 0 Å². The van der Waals surface area contributed by atoms with E-state index < -0.39 is 5.97 Å². The van der Waals surface area contributed by atoms with Crippen LogP contribution < -0.4 is 0 Å². The number of rotatable bonds is 5. The fourth-order valence-corrected chi connectivity index (χ4v) is 4.01. The van der Waals surface area contributed by atoms with Crippen LogP contribution in [0.1, 0.15) is 44.4 Å². The molecule has 1 unspecified atom stereocenters. The number of carbonyl (C=O) groups is 1. The Bertz CT molecular complexity index is 916. The quantitative estimate of drug-likeness (QED) is 0.505. The Morgan fingerprint density at radius 2 is 1.96 bits per heavy atom. The van der Waals surface area contributed by atoms with Crippen molar-refractivity contribution < 1.29 is 9.90 Å². The Balaban J connectivity index is 2.14. The summed E-state index contributed by atoms with van der Waals surface area (Å²) in [6, 6.07) is 12.6. The fraction of sp³-hybridized carbons (Fsp3) is 0.320. The lowest BCUT2D eigenvalue weighted by atomic mass is 9.91.